The summed E-state index contributed by atoms with van der Waals surface area (Å²) in [5.74, 6) is 0. The first kappa shape index (κ1) is 17.7. The molecule has 0 aliphatic carbocycles. The normalized spacial score (nSPS) is 11.1. The van der Waals surface area contributed by atoms with Crippen molar-refractivity contribution in [2.24, 2.45) is 0 Å². The highest BCUT2D eigenvalue weighted by molar-refractivity contribution is 5.75. The molecule has 0 saturated carbocycles. The number of unbranched alkanes of at least 4 members (excludes halogenated alkanes) is 2. The van der Waals surface area contributed by atoms with Crippen molar-refractivity contribution in [2.75, 3.05) is 0 Å². The topological polar surface area (TPSA) is 91.3 Å². The van der Waals surface area contributed by atoms with Gasteiger partial charge in [0.2, 0.25) is 0 Å². The fourth-order valence-corrected chi connectivity index (χ4v) is 1.67. The van der Waals surface area contributed by atoms with Gasteiger partial charge in [0.25, 0.3) is 0 Å². The molecule has 112 valence electrons. The predicted octanol–water partition coefficient (Wildman–Crippen LogP) is 3.82. The quantitative estimate of drug-likeness (QED) is 0.225. The Morgan fingerprint density at radius 2 is 1.74 bits per heavy atom. The molecule has 0 amide bonds. The maximum absolute atomic E-state index is 10.7. The Morgan fingerprint density at radius 1 is 1.11 bits per heavy atom. The van der Waals surface area contributed by atoms with Crippen LogP contribution in [0.1, 0.15) is 59.3 Å². The molecule has 7 nitrogen and oxygen atoms in total. The van der Waals surface area contributed by atoms with Crippen LogP contribution in [0.2, 0.25) is 0 Å². The van der Waals surface area contributed by atoms with Gasteiger partial charge in [0.05, 0.1) is 0 Å². The second-order valence-electron chi connectivity index (χ2n) is 4.20. The third-order valence-corrected chi connectivity index (χ3v) is 3.01. The molecule has 0 heterocycles. The van der Waals surface area contributed by atoms with Crippen molar-refractivity contribution in [2.45, 2.75) is 64.9 Å². The molecule has 1 N–H and O–H groups in total. The number of carbonyl (C=O) groups is 2. The molecule has 0 aromatic heterocycles. The van der Waals surface area contributed by atoms with Crippen LogP contribution in [-0.4, -0.2) is 23.0 Å². The molecule has 0 atom stereocenters. The maximum atomic E-state index is 10.7. The van der Waals surface area contributed by atoms with Gasteiger partial charge in [-0.1, -0.05) is 40.0 Å². The van der Waals surface area contributed by atoms with Crippen LogP contribution >= 0.6 is 0 Å². The number of hydrogen-bond acceptors (Lipinski definition) is 6. The number of carboxylic acid groups (broad SMARTS) is 1. The fourth-order valence-electron chi connectivity index (χ4n) is 1.67. The van der Waals surface area contributed by atoms with E-state index in [9.17, 15) is 9.59 Å². The van der Waals surface area contributed by atoms with E-state index in [1.54, 1.807) is 0 Å². The first-order chi connectivity index (χ1) is 8.99. The second-order valence-corrected chi connectivity index (χ2v) is 4.20. The lowest BCUT2D eigenvalue weighted by atomic mass is 9.91. The summed E-state index contributed by atoms with van der Waals surface area (Å²) in [7, 11) is 0. The Labute approximate surface area is 112 Å². The summed E-state index contributed by atoms with van der Waals surface area (Å²) < 4.78 is 3.68. The third kappa shape index (κ3) is 7.63. The Bertz CT molecular complexity index is 273. The predicted molar refractivity (Wildman–Crippen MR) is 65.2 cm³/mol. The maximum Gasteiger partial charge on any atom is 0.553 e. The van der Waals surface area contributed by atoms with Gasteiger partial charge in [0, 0.05) is 0 Å². The van der Waals surface area contributed by atoms with E-state index in [0.717, 1.165) is 25.7 Å². The Kier molecular flexibility index (Phi) is 8.90. The summed E-state index contributed by atoms with van der Waals surface area (Å²) in [6.07, 6.45) is 2.02. The zero-order chi connectivity index (χ0) is 14.7. The molecule has 0 unspecified atom stereocenters. The Morgan fingerprint density at radius 3 is 2.21 bits per heavy atom. The highest BCUT2D eigenvalue weighted by Gasteiger charge is 2.29. The molecule has 0 radical (unpaired) electrons. The molecule has 0 spiro atoms. The van der Waals surface area contributed by atoms with Gasteiger partial charge in [-0.3, -0.25) is 0 Å². The minimum atomic E-state index is -1.77. The molecular weight excluding hydrogens is 256 g/mol. The van der Waals surface area contributed by atoms with Gasteiger partial charge in [0.15, 0.2) is 0 Å². The first-order valence-corrected chi connectivity index (χ1v) is 6.46. The monoisotopic (exact) mass is 278 g/mol. The Hall–Kier alpha value is -1.34. The number of carbonyl (C=O) groups excluding carboxylic acids is 1. The molecular formula is C12H22O7. The van der Waals surface area contributed by atoms with Crippen LogP contribution in [-0.2, 0) is 19.6 Å². The number of ether oxygens (including phenoxy) is 1. The zero-order valence-corrected chi connectivity index (χ0v) is 11.6. The van der Waals surface area contributed by atoms with Gasteiger partial charge >= 0.3 is 12.3 Å². The molecule has 0 aliphatic rings. The van der Waals surface area contributed by atoms with Crippen molar-refractivity contribution in [1.82, 2.24) is 0 Å². The van der Waals surface area contributed by atoms with Gasteiger partial charge in [0.1, 0.15) is 5.60 Å². The third-order valence-electron chi connectivity index (χ3n) is 3.01. The first-order valence-electron chi connectivity index (χ1n) is 6.46. The minimum Gasteiger partial charge on any atom is -0.449 e. The highest BCUT2D eigenvalue weighted by atomic mass is 17.5. The van der Waals surface area contributed by atoms with Crippen molar-refractivity contribution in [1.29, 1.82) is 0 Å². The lowest BCUT2D eigenvalue weighted by molar-refractivity contribution is -0.521. The van der Waals surface area contributed by atoms with Crippen LogP contribution in [0.5, 0.6) is 0 Å². The number of hydrogen-bond donors (Lipinski definition) is 1. The Balaban J connectivity index is 4.12. The van der Waals surface area contributed by atoms with Crippen LogP contribution in [0.15, 0.2) is 0 Å². The summed E-state index contributed by atoms with van der Waals surface area (Å²) in [6, 6.07) is 0. The van der Waals surface area contributed by atoms with Crippen LogP contribution in [0.25, 0.3) is 0 Å². The van der Waals surface area contributed by atoms with Gasteiger partial charge in [-0.15, -0.1) is 0 Å². The summed E-state index contributed by atoms with van der Waals surface area (Å²) in [5.41, 5.74) is -0.543. The SMILES string of the molecule is CCCCCC(CC)(CC)OOOC(=O)OC(=O)O. The van der Waals surface area contributed by atoms with Gasteiger partial charge in [-0.2, -0.15) is 9.68 Å². The molecule has 19 heavy (non-hydrogen) atoms. The molecule has 0 aromatic carbocycles. The van der Waals surface area contributed by atoms with E-state index in [0.29, 0.717) is 12.8 Å². The zero-order valence-electron chi connectivity index (χ0n) is 11.6. The summed E-state index contributed by atoms with van der Waals surface area (Å²) in [5, 5.41) is 12.5. The van der Waals surface area contributed by atoms with Crippen molar-refractivity contribution in [3.63, 3.8) is 0 Å². The van der Waals surface area contributed by atoms with E-state index >= 15 is 0 Å². The van der Waals surface area contributed by atoms with Crippen molar-refractivity contribution >= 4 is 12.3 Å². The van der Waals surface area contributed by atoms with Crippen LogP contribution in [0.3, 0.4) is 0 Å². The van der Waals surface area contributed by atoms with Crippen LogP contribution in [0, 0.1) is 0 Å². The standard InChI is InChI=1S/C12H22O7/c1-4-7-8-9-12(5-2,6-3)18-19-17-11(15)16-10(13)14/h4-9H2,1-3H3,(H,13,14). The molecule has 0 fully saturated rings. The lowest BCUT2D eigenvalue weighted by Gasteiger charge is -2.28. The smallest absolute Gasteiger partial charge is 0.449 e. The largest absolute Gasteiger partial charge is 0.553 e. The average Bonchev–Trinajstić information content (AvgIpc) is 2.36. The van der Waals surface area contributed by atoms with Crippen LogP contribution < -0.4 is 0 Å². The summed E-state index contributed by atoms with van der Waals surface area (Å²) in [6.45, 7) is 5.98. The number of rotatable bonds is 9. The molecule has 0 bridgehead atoms. The molecule has 0 aliphatic heterocycles. The molecule has 7 heteroatoms. The molecule has 0 saturated heterocycles. The van der Waals surface area contributed by atoms with E-state index in [-0.39, 0.29) is 0 Å². The van der Waals surface area contributed by atoms with E-state index in [1.807, 2.05) is 13.8 Å². The van der Waals surface area contributed by atoms with Crippen molar-refractivity contribution in [3.8, 4) is 0 Å². The fraction of sp³-hybridized carbons (Fsp3) is 0.833. The lowest BCUT2D eigenvalue weighted by Crippen LogP contribution is -2.32. The van der Waals surface area contributed by atoms with E-state index in [2.05, 4.69) is 21.6 Å². The summed E-state index contributed by atoms with van der Waals surface area (Å²) >= 11 is 0. The van der Waals surface area contributed by atoms with Gasteiger partial charge in [-0.25, -0.2) is 9.68 Å². The van der Waals surface area contributed by atoms with E-state index in [4.69, 9.17) is 9.99 Å². The molecule has 0 aromatic rings. The van der Waals surface area contributed by atoms with Gasteiger partial charge < -0.3 is 9.84 Å². The summed E-state index contributed by atoms with van der Waals surface area (Å²) in [4.78, 5) is 29.9. The highest BCUT2D eigenvalue weighted by Crippen LogP contribution is 2.27. The second kappa shape index (κ2) is 9.57. The minimum absolute atomic E-state index is 0.543. The van der Waals surface area contributed by atoms with Gasteiger partial charge in [-0.05, 0) is 24.3 Å². The van der Waals surface area contributed by atoms with E-state index in [1.165, 1.54) is 0 Å². The van der Waals surface area contributed by atoms with Crippen molar-refractivity contribution < 1.29 is 34.2 Å². The average molecular weight is 278 g/mol. The van der Waals surface area contributed by atoms with Crippen LogP contribution in [0.4, 0.5) is 9.59 Å². The molecule has 0 rings (SSSR count). The van der Waals surface area contributed by atoms with Crippen molar-refractivity contribution in [3.05, 3.63) is 0 Å². The van der Waals surface area contributed by atoms with E-state index < -0.39 is 17.9 Å².